The largest absolute Gasteiger partial charge is 0.327 e. The van der Waals surface area contributed by atoms with E-state index in [4.69, 9.17) is 4.52 Å². The van der Waals surface area contributed by atoms with Crippen molar-refractivity contribution in [2.24, 2.45) is 5.92 Å². The van der Waals surface area contributed by atoms with E-state index in [9.17, 15) is 4.57 Å². The highest BCUT2D eigenvalue weighted by Crippen LogP contribution is 2.21. The third-order valence-corrected chi connectivity index (χ3v) is 3.44. The predicted molar refractivity (Wildman–Crippen MR) is 65.1 cm³/mol. The predicted octanol–water partition coefficient (Wildman–Crippen LogP) is 3.24. The van der Waals surface area contributed by atoms with Gasteiger partial charge in [-0.3, -0.25) is 4.57 Å². The summed E-state index contributed by atoms with van der Waals surface area (Å²) < 4.78 is 17.0. The van der Waals surface area contributed by atoms with Gasteiger partial charge in [0.2, 0.25) is 8.03 Å². The third kappa shape index (κ3) is 5.15. The molecule has 1 unspecified atom stereocenters. The molecule has 0 aliphatic carbocycles. The van der Waals surface area contributed by atoms with Gasteiger partial charge in [-0.25, -0.2) is 0 Å². The zero-order valence-electron chi connectivity index (χ0n) is 9.40. The second kappa shape index (κ2) is 6.81. The number of hydrogen-bond donors (Lipinski definition) is 0. The molecule has 1 aromatic rings. The van der Waals surface area contributed by atoms with Gasteiger partial charge in [0.1, 0.15) is 0 Å². The summed E-state index contributed by atoms with van der Waals surface area (Å²) in [6.07, 6.45) is 2.12. The van der Waals surface area contributed by atoms with Crippen molar-refractivity contribution in [2.75, 3.05) is 6.61 Å². The Morgan fingerprint density at radius 1 is 1.27 bits per heavy atom. The van der Waals surface area contributed by atoms with E-state index in [1.165, 1.54) is 0 Å². The van der Waals surface area contributed by atoms with E-state index in [2.05, 4.69) is 13.8 Å². The number of benzene rings is 1. The molecule has 0 radical (unpaired) electrons. The lowest BCUT2D eigenvalue weighted by Crippen LogP contribution is -1.99. The van der Waals surface area contributed by atoms with Crippen molar-refractivity contribution in [3.63, 3.8) is 0 Å². The van der Waals surface area contributed by atoms with E-state index in [0.717, 1.165) is 18.1 Å². The lowest BCUT2D eigenvalue weighted by molar-refractivity contribution is 0.314. The summed E-state index contributed by atoms with van der Waals surface area (Å²) >= 11 is 0. The van der Waals surface area contributed by atoms with Crippen molar-refractivity contribution in [1.82, 2.24) is 0 Å². The van der Waals surface area contributed by atoms with Crippen LogP contribution in [0.2, 0.25) is 0 Å². The van der Waals surface area contributed by atoms with Gasteiger partial charge < -0.3 is 4.52 Å². The van der Waals surface area contributed by atoms with Gasteiger partial charge in [0.25, 0.3) is 0 Å². The van der Waals surface area contributed by atoms with E-state index in [1.54, 1.807) is 0 Å². The van der Waals surface area contributed by atoms with Gasteiger partial charge in [-0.15, -0.1) is 0 Å². The normalized spacial score (nSPS) is 13.0. The molecule has 0 saturated carbocycles. The summed E-state index contributed by atoms with van der Waals surface area (Å²) in [7, 11) is -2.01. The van der Waals surface area contributed by atoms with Crippen LogP contribution in [-0.2, 0) is 9.09 Å². The Balaban J connectivity index is 2.25. The minimum atomic E-state index is -2.01. The van der Waals surface area contributed by atoms with Crippen LogP contribution >= 0.6 is 8.03 Å². The Kier molecular flexibility index (Phi) is 5.67. The average Bonchev–Trinajstić information content (AvgIpc) is 2.25. The van der Waals surface area contributed by atoms with Crippen LogP contribution in [0.25, 0.3) is 0 Å². The van der Waals surface area contributed by atoms with Crippen molar-refractivity contribution >= 4 is 13.3 Å². The van der Waals surface area contributed by atoms with Crippen LogP contribution in [-0.4, -0.2) is 6.61 Å². The molecule has 15 heavy (non-hydrogen) atoms. The minimum Gasteiger partial charge on any atom is -0.327 e. The van der Waals surface area contributed by atoms with E-state index in [0.29, 0.717) is 12.5 Å². The van der Waals surface area contributed by atoms with Gasteiger partial charge in [0, 0.05) is 5.30 Å². The fourth-order valence-electron chi connectivity index (χ4n) is 1.31. The highest BCUT2D eigenvalue weighted by molar-refractivity contribution is 7.48. The van der Waals surface area contributed by atoms with Gasteiger partial charge in [-0.2, -0.15) is 0 Å². The van der Waals surface area contributed by atoms with E-state index < -0.39 is 8.03 Å². The molecule has 0 amide bonds. The summed E-state index contributed by atoms with van der Waals surface area (Å²) in [6.45, 7) is 4.96. The van der Waals surface area contributed by atoms with Gasteiger partial charge in [0.15, 0.2) is 0 Å². The van der Waals surface area contributed by atoms with Crippen LogP contribution in [0, 0.1) is 5.92 Å². The molecule has 0 aromatic heterocycles. The molecule has 84 valence electrons. The maximum Gasteiger partial charge on any atom is 0.220 e. The lowest BCUT2D eigenvalue weighted by Gasteiger charge is -2.06. The lowest BCUT2D eigenvalue weighted by atomic mass is 10.1. The van der Waals surface area contributed by atoms with Crippen LogP contribution in [0.1, 0.15) is 26.7 Å². The maximum atomic E-state index is 11.7. The Morgan fingerprint density at radius 3 is 2.53 bits per heavy atom. The van der Waals surface area contributed by atoms with Gasteiger partial charge in [0.05, 0.1) is 6.61 Å². The Morgan fingerprint density at radius 2 is 1.93 bits per heavy atom. The molecule has 0 saturated heterocycles. The van der Waals surface area contributed by atoms with Crippen molar-refractivity contribution in [3.05, 3.63) is 30.3 Å². The first kappa shape index (κ1) is 12.5. The molecular weight excluding hydrogens is 207 g/mol. The zero-order chi connectivity index (χ0) is 11.1. The van der Waals surface area contributed by atoms with Crippen LogP contribution < -0.4 is 5.30 Å². The summed E-state index contributed by atoms with van der Waals surface area (Å²) in [5, 5.41) is 0.812. The number of hydrogen-bond acceptors (Lipinski definition) is 2. The van der Waals surface area contributed by atoms with E-state index in [-0.39, 0.29) is 0 Å². The van der Waals surface area contributed by atoms with Crippen molar-refractivity contribution in [1.29, 1.82) is 0 Å². The Bertz CT molecular complexity index is 296. The van der Waals surface area contributed by atoms with E-state index >= 15 is 0 Å². The average molecular weight is 226 g/mol. The summed E-state index contributed by atoms with van der Waals surface area (Å²) in [5.74, 6) is 0.688. The molecule has 0 N–H and O–H groups in total. The standard InChI is InChI=1S/C12H19O2P/c1-11(2)7-6-10-14-15(13)12-8-4-3-5-9-12/h3-5,8-9,11,15H,6-7,10H2,1-2H3. The molecule has 0 bridgehead atoms. The monoisotopic (exact) mass is 226 g/mol. The van der Waals surface area contributed by atoms with E-state index in [1.807, 2.05) is 30.3 Å². The third-order valence-electron chi connectivity index (χ3n) is 2.17. The number of rotatable bonds is 6. The molecule has 0 aliphatic rings. The molecule has 0 aliphatic heterocycles. The first-order valence-corrected chi connectivity index (χ1v) is 6.74. The highest BCUT2D eigenvalue weighted by Gasteiger charge is 2.02. The highest BCUT2D eigenvalue weighted by atomic mass is 31.1. The fourth-order valence-corrected chi connectivity index (χ4v) is 2.28. The smallest absolute Gasteiger partial charge is 0.220 e. The van der Waals surface area contributed by atoms with Crippen LogP contribution in [0.5, 0.6) is 0 Å². The molecule has 1 atom stereocenters. The molecular formula is C12H19O2P. The van der Waals surface area contributed by atoms with Gasteiger partial charge in [-0.1, -0.05) is 32.0 Å². The molecule has 2 nitrogen and oxygen atoms in total. The van der Waals surface area contributed by atoms with Crippen LogP contribution in [0.4, 0.5) is 0 Å². The van der Waals surface area contributed by atoms with Gasteiger partial charge >= 0.3 is 0 Å². The van der Waals surface area contributed by atoms with Gasteiger partial charge in [-0.05, 0) is 30.9 Å². The maximum absolute atomic E-state index is 11.7. The summed E-state index contributed by atoms with van der Waals surface area (Å²) in [4.78, 5) is 0. The first-order valence-electron chi connectivity index (χ1n) is 5.42. The SMILES string of the molecule is CC(C)CCCO[PH](=O)c1ccccc1. The topological polar surface area (TPSA) is 26.3 Å². The molecule has 3 heteroatoms. The van der Waals surface area contributed by atoms with Crippen molar-refractivity contribution in [3.8, 4) is 0 Å². The zero-order valence-corrected chi connectivity index (χ0v) is 10.4. The van der Waals surface area contributed by atoms with Crippen molar-refractivity contribution < 1.29 is 9.09 Å². The second-order valence-electron chi connectivity index (χ2n) is 4.04. The Hall–Kier alpha value is -0.590. The quantitative estimate of drug-likeness (QED) is 0.550. The minimum absolute atomic E-state index is 0.602. The van der Waals surface area contributed by atoms with Crippen LogP contribution in [0.3, 0.4) is 0 Å². The fraction of sp³-hybridized carbons (Fsp3) is 0.500. The summed E-state index contributed by atoms with van der Waals surface area (Å²) in [5.41, 5.74) is 0. The molecule has 0 spiro atoms. The molecule has 1 aromatic carbocycles. The molecule has 0 heterocycles. The first-order chi connectivity index (χ1) is 7.20. The summed E-state index contributed by atoms with van der Waals surface area (Å²) in [6, 6.07) is 9.38. The Labute approximate surface area is 92.5 Å². The molecule has 1 rings (SSSR count). The van der Waals surface area contributed by atoms with Crippen molar-refractivity contribution in [2.45, 2.75) is 26.7 Å². The molecule has 0 fully saturated rings. The second-order valence-corrected chi connectivity index (χ2v) is 5.48. The van der Waals surface area contributed by atoms with Crippen LogP contribution in [0.15, 0.2) is 30.3 Å².